The van der Waals surface area contributed by atoms with Gasteiger partial charge in [-0.15, -0.1) is 0 Å². The van der Waals surface area contributed by atoms with Crippen molar-refractivity contribution in [3.05, 3.63) is 29.3 Å². The van der Waals surface area contributed by atoms with Gasteiger partial charge in [0.2, 0.25) is 0 Å². The summed E-state index contributed by atoms with van der Waals surface area (Å²) in [5.41, 5.74) is 0.844. The van der Waals surface area contributed by atoms with E-state index >= 15 is 0 Å². The van der Waals surface area contributed by atoms with Crippen molar-refractivity contribution in [3.63, 3.8) is 0 Å². The molecule has 1 aromatic rings. The van der Waals surface area contributed by atoms with Crippen LogP contribution in [0.15, 0.2) is 23.1 Å². The highest BCUT2D eigenvalue weighted by Crippen LogP contribution is 2.17. The molecular formula is C13H17NO5S. The lowest BCUT2D eigenvalue weighted by Crippen LogP contribution is -2.38. The van der Waals surface area contributed by atoms with E-state index in [0.29, 0.717) is 12.0 Å². The van der Waals surface area contributed by atoms with Gasteiger partial charge in [-0.1, -0.05) is 13.0 Å². The first-order valence-electron chi connectivity index (χ1n) is 6.03. The Bertz CT molecular complexity index is 636. The van der Waals surface area contributed by atoms with Crippen LogP contribution in [0.2, 0.25) is 0 Å². The van der Waals surface area contributed by atoms with Crippen LogP contribution in [-0.2, 0) is 21.1 Å². The van der Waals surface area contributed by atoms with Gasteiger partial charge in [-0.3, -0.25) is 9.59 Å². The first-order chi connectivity index (χ1) is 9.16. The number of carbonyl (C=O) groups is 2. The Morgan fingerprint density at radius 3 is 2.40 bits per heavy atom. The van der Waals surface area contributed by atoms with Crippen LogP contribution in [0.1, 0.15) is 29.8 Å². The smallest absolute Gasteiger partial charge is 0.325 e. The Labute approximate surface area is 117 Å². The van der Waals surface area contributed by atoms with Crippen molar-refractivity contribution in [2.75, 3.05) is 6.26 Å². The summed E-state index contributed by atoms with van der Waals surface area (Å²) in [6.07, 6.45) is 1.59. The standard InChI is InChI=1S/C13H17NO5S/c1-4-9-5-6-10(20(3,18)19)7-11(9)12(15)14-8(2)13(16)17/h5-8H,4H2,1-3H3,(H,14,15)(H,16,17). The second kappa shape index (κ2) is 6.04. The number of aliphatic carboxylic acids is 1. The van der Waals surface area contributed by atoms with Gasteiger partial charge < -0.3 is 10.4 Å². The zero-order chi connectivity index (χ0) is 15.5. The van der Waals surface area contributed by atoms with Crippen LogP contribution in [0.25, 0.3) is 0 Å². The molecule has 0 bridgehead atoms. The lowest BCUT2D eigenvalue weighted by Gasteiger charge is -2.13. The molecule has 0 aliphatic heterocycles. The summed E-state index contributed by atoms with van der Waals surface area (Å²) in [5, 5.41) is 11.1. The van der Waals surface area contributed by atoms with Crippen LogP contribution in [0.5, 0.6) is 0 Å². The Morgan fingerprint density at radius 1 is 1.35 bits per heavy atom. The number of benzene rings is 1. The number of sulfone groups is 1. The van der Waals surface area contributed by atoms with Gasteiger partial charge >= 0.3 is 5.97 Å². The van der Waals surface area contributed by atoms with Crippen LogP contribution in [0.4, 0.5) is 0 Å². The fraction of sp³-hybridized carbons (Fsp3) is 0.385. The molecule has 7 heteroatoms. The molecule has 0 aliphatic carbocycles. The minimum Gasteiger partial charge on any atom is -0.480 e. The Kier molecular flexibility index (Phi) is 4.88. The van der Waals surface area contributed by atoms with Gasteiger partial charge in [-0.2, -0.15) is 0 Å². The maximum absolute atomic E-state index is 12.0. The molecule has 0 spiro atoms. The van der Waals surface area contributed by atoms with Gasteiger partial charge in [0.05, 0.1) is 4.90 Å². The van der Waals surface area contributed by atoms with Crippen molar-refractivity contribution < 1.29 is 23.1 Å². The van der Waals surface area contributed by atoms with Gasteiger partial charge in [0.15, 0.2) is 9.84 Å². The van der Waals surface area contributed by atoms with Gasteiger partial charge in [-0.25, -0.2) is 8.42 Å². The van der Waals surface area contributed by atoms with E-state index in [1.807, 2.05) is 6.92 Å². The number of carboxylic acid groups (broad SMARTS) is 1. The number of carbonyl (C=O) groups excluding carboxylic acids is 1. The van der Waals surface area contributed by atoms with E-state index in [2.05, 4.69) is 5.32 Å². The van der Waals surface area contributed by atoms with Gasteiger partial charge in [0.1, 0.15) is 6.04 Å². The number of amides is 1. The third-order valence-corrected chi connectivity index (χ3v) is 3.96. The molecule has 1 unspecified atom stereocenters. The molecule has 0 fully saturated rings. The molecule has 1 aromatic carbocycles. The van der Waals surface area contributed by atoms with Crippen LogP contribution in [-0.4, -0.2) is 37.7 Å². The second-order valence-corrected chi connectivity index (χ2v) is 6.49. The summed E-state index contributed by atoms with van der Waals surface area (Å²) < 4.78 is 23.0. The monoisotopic (exact) mass is 299 g/mol. The van der Waals surface area contributed by atoms with Crippen LogP contribution < -0.4 is 5.32 Å². The first kappa shape index (κ1) is 16.2. The number of nitrogens with one attached hydrogen (secondary N) is 1. The van der Waals surface area contributed by atoms with Gasteiger partial charge in [-0.05, 0) is 31.0 Å². The maximum atomic E-state index is 12.0. The Morgan fingerprint density at radius 2 is 1.95 bits per heavy atom. The average Bonchev–Trinajstić information content (AvgIpc) is 2.36. The van der Waals surface area contributed by atoms with Crippen LogP contribution >= 0.6 is 0 Å². The molecule has 110 valence electrons. The molecule has 0 saturated carbocycles. The predicted octanol–water partition coefficient (Wildman–Crippen LogP) is 0.855. The predicted molar refractivity (Wildman–Crippen MR) is 73.5 cm³/mol. The number of hydrogen-bond acceptors (Lipinski definition) is 4. The zero-order valence-corrected chi connectivity index (χ0v) is 12.3. The molecule has 6 nitrogen and oxygen atoms in total. The van der Waals surface area contributed by atoms with Crippen molar-refractivity contribution in [3.8, 4) is 0 Å². The molecule has 1 atom stereocenters. The fourth-order valence-electron chi connectivity index (χ4n) is 1.64. The summed E-state index contributed by atoms with van der Waals surface area (Å²) in [7, 11) is -3.42. The van der Waals surface area contributed by atoms with Gasteiger partial charge in [0.25, 0.3) is 5.91 Å². The molecular weight excluding hydrogens is 282 g/mol. The molecule has 2 N–H and O–H groups in total. The van der Waals surface area contributed by atoms with Crippen molar-refractivity contribution in [2.24, 2.45) is 0 Å². The van der Waals surface area contributed by atoms with Crippen LogP contribution in [0, 0.1) is 0 Å². The van der Waals surface area contributed by atoms with E-state index in [1.165, 1.54) is 19.1 Å². The summed E-state index contributed by atoms with van der Waals surface area (Å²) in [5.74, 6) is -1.75. The normalized spacial score (nSPS) is 12.8. The molecule has 0 saturated heterocycles. The second-order valence-electron chi connectivity index (χ2n) is 4.48. The van der Waals surface area contributed by atoms with E-state index < -0.39 is 27.8 Å². The number of hydrogen-bond donors (Lipinski definition) is 2. The van der Waals surface area contributed by atoms with E-state index in [0.717, 1.165) is 6.26 Å². The Hall–Kier alpha value is -1.89. The summed E-state index contributed by atoms with van der Waals surface area (Å²) in [4.78, 5) is 22.8. The molecule has 1 amide bonds. The van der Waals surface area contributed by atoms with E-state index in [4.69, 9.17) is 5.11 Å². The van der Waals surface area contributed by atoms with E-state index in [-0.39, 0.29) is 10.5 Å². The maximum Gasteiger partial charge on any atom is 0.325 e. The summed E-state index contributed by atoms with van der Waals surface area (Å²) in [6.45, 7) is 3.17. The Balaban J connectivity index is 3.21. The average molecular weight is 299 g/mol. The molecule has 20 heavy (non-hydrogen) atoms. The van der Waals surface area contributed by atoms with Crippen molar-refractivity contribution in [1.29, 1.82) is 0 Å². The lowest BCUT2D eigenvalue weighted by atomic mass is 10.0. The van der Waals surface area contributed by atoms with Crippen molar-refractivity contribution in [1.82, 2.24) is 5.32 Å². The van der Waals surface area contributed by atoms with Crippen molar-refractivity contribution >= 4 is 21.7 Å². The lowest BCUT2D eigenvalue weighted by molar-refractivity contribution is -0.138. The number of aryl methyl sites for hydroxylation is 1. The first-order valence-corrected chi connectivity index (χ1v) is 7.92. The largest absolute Gasteiger partial charge is 0.480 e. The molecule has 0 heterocycles. The minimum absolute atomic E-state index is 0.0304. The number of carboxylic acids is 1. The van der Waals surface area contributed by atoms with Crippen LogP contribution in [0.3, 0.4) is 0 Å². The molecule has 1 rings (SSSR count). The topological polar surface area (TPSA) is 101 Å². The molecule has 0 radical (unpaired) electrons. The van der Waals surface area contributed by atoms with E-state index in [1.54, 1.807) is 6.07 Å². The third-order valence-electron chi connectivity index (χ3n) is 2.85. The minimum atomic E-state index is -3.42. The molecule has 0 aromatic heterocycles. The summed E-state index contributed by atoms with van der Waals surface area (Å²) >= 11 is 0. The van der Waals surface area contributed by atoms with Crippen molar-refractivity contribution in [2.45, 2.75) is 31.2 Å². The zero-order valence-electron chi connectivity index (χ0n) is 11.5. The van der Waals surface area contributed by atoms with E-state index in [9.17, 15) is 18.0 Å². The summed E-state index contributed by atoms with van der Waals surface area (Å²) in [6, 6.07) is 3.23. The molecule has 0 aliphatic rings. The van der Waals surface area contributed by atoms with Gasteiger partial charge in [0, 0.05) is 11.8 Å². The number of rotatable bonds is 5. The SMILES string of the molecule is CCc1ccc(S(C)(=O)=O)cc1C(=O)NC(C)C(=O)O. The quantitative estimate of drug-likeness (QED) is 0.839. The highest BCUT2D eigenvalue weighted by atomic mass is 32.2. The third kappa shape index (κ3) is 3.80. The fourth-order valence-corrected chi connectivity index (χ4v) is 2.29. The highest BCUT2D eigenvalue weighted by molar-refractivity contribution is 7.90. The highest BCUT2D eigenvalue weighted by Gasteiger charge is 2.19.